The number of ether oxygens (including phenoxy) is 4. The second-order valence-corrected chi connectivity index (χ2v) is 9.29. The van der Waals surface area contributed by atoms with Gasteiger partial charge in [-0.15, -0.1) is 0 Å². The van der Waals surface area contributed by atoms with Gasteiger partial charge in [0, 0.05) is 38.1 Å². The van der Waals surface area contributed by atoms with Gasteiger partial charge in [-0.3, -0.25) is 23.9 Å². The lowest BCUT2D eigenvalue weighted by Crippen LogP contribution is -2.16. The summed E-state index contributed by atoms with van der Waals surface area (Å²) in [5.74, 6) is -4.01. The third-order valence-electron chi connectivity index (χ3n) is 4.55. The molecule has 0 unspecified atom stereocenters. The molecule has 0 saturated carbocycles. The highest BCUT2D eigenvalue weighted by Crippen LogP contribution is 2.39. The van der Waals surface area contributed by atoms with Gasteiger partial charge in [-0.2, -0.15) is 0 Å². The molecule has 0 aliphatic rings. The Morgan fingerprint density at radius 1 is 0.795 bits per heavy atom. The molecular formula is C24H22N4O10S. The number of anilines is 2. The predicted molar refractivity (Wildman–Crippen MR) is 134 cm³/mol. The Bertz CT molecular complexity index is 1500. The maximum atomic E-state index is 13.0. The Balaban J connectivity index is 1.86. The number of aromatic nitrogens is 2. The molecule has 2 N–H and O–H groups in total. The van der Waals surface area contributed by atoms with Crippen LogP contribution in [0, 0.1) is 0 Å². The molecule has 204 valence electrons. The van der Waals surface area contributed by atoms with Gasteiger partial charge < -0.3 is 24.3 Å². The summed E-state index contributed by atoms with van der Waals surface area (Å²) in [6, 6.07) is 8.68. The number of carbonyl (C=O) groups is 4. The van der Waals surface area contributed by atoms with Gasteiger partial charge in [-0.05, 0) is 36.4 Å². The summed E-state index contributed by atoms with van der Waals surface area (Å²) in [5, 5.41) is 2.54. The van der Waals surface area contributed by atoms with Crippen molar-refractivity contribution in [1.82, 2.24) is 9.97 Å². The Labute approximate surface area is 222 Å². The summed E-state index contributed by atoms with van der Waals surface area (Å²) in [7, 11) is -2.66. The zero-order chi connectivity index (χ0) is 28.7. The molecule has 2 aromatic carbocycles. The van der Waals surface area contributed by atoms with Crippen molar-refractivity contribution in [2.45, 2.75) is 25.7 Å². The highest BCUT2D eigenvalue weighted by atomic mass is 32.2. The monoisotopic (exact) mass is 558 g/mol. The van der Waals surface area contributed by atoms with Gasteiger partial charge >= 0.3 is 17.9 Å². The first-order valence-corrected chi connectivity index (χ1v) is 12.4. The molecule has 39 heavy (non-hydrogen) atoms. The SMILES string of the molecule is COc1cc(NS(=O)(=O)c2ccc(NC(=O)c3cc(OC(C)=O)c(OC(C)=O)c(OC(C)=O)c3)cc2)ncn1. The average Bonchev–Trinajstić information content (AvgIpc) is 2.85. The topological polar surface area (TPSA) is 189 Å². The van der Waals surface area contributed by atoms with Gasteiger partial charge in [0.15, 0.2) is 11.5 Å². The molecule has 0 atom stereocenters. The molecule has 3 aromatic rings. The van der Waals surface area contributed by atoms with Crippen molar-refractivity contribution in [3.05, 3.63) is 54.4 Å². The van der Waals surface area contributed by atoms with Crippen molar-refractivity contribution >= 4 is 45.3 Å². The van der Waals surface area contributed by atoms with Crippen LogP contribution in [0.3, 0.4) is 0 Å². The van der Waals surface area contributed by atoms with E-state index < -0.39 is 33.8 Å². The number of rotatable bonds is 9. The van der Waals surface area contributed by atoms with E-state index in [1.54, 1.807) is 0 Å². The second-order valence-electron chi connectivity index (χ2n) is 7.61. The van der Waals surface area contributed by atoms with Gasteiger partial charge in [-0.1, -0.05) is 0 Å². The third-order valence-corrected chi connectivity index (χ3v) is 5.92. The lowest BCUT2D eigenvalue weighted by Gasteiger charge is -2.15. The molecule has 1 amide bonds. The number of hydrogen-bond acceptors (Lipinski definition) is 12. The summed E-state index contributed by atoms with van der Waals surface area (Å²) < 4.78 is 47.8. The lowest BCUT2D eigenvalue weighted by molar-refractivity contribution is -0.135. The minimum Gasteiger partial charge on any atom is -0.481 e. The Hall–Kier alpha value is -5.05. The molecule has 1 heterocycles. The van der Waals surface area contributed by atoms with Crippen LogP contribution in [0.4, 0.5) is 11.5 Å². The van der Waals surface area contributed by atoms with E-state index >= 15 is 0 Å². The summed E-state index contributed by atoms with van der Waals surface area (Å²) in [5.41, 5.74) is 0.0734. The number of sulfonamides is 1. The van der Waals surface area contributed by atoms with E-state index in [9.17, 15) is 27.6 Å². The van der Waals surface area contributed by atoms with Crippen molar-refractivity contribution in [1.29, 1.82) is 0 Å². The number of nitrogens with one attached hydrogen (secondary N) is 2. The molecule has 15 heteroatoms. The van der Waals surface area contributed by atoms with Crippen LogP contribution in [0.25, 0.3) is 0 Å². The second kappa shape index (κ2) is 12.0. The maximum Gasteiger partial charge on any atom is 0.308 e. The van der Waals surface area contributed by atoms with Gasteiger partial charge in [0.2, 0.25) is 11.6 Å². The van der Waals surface area contributed by atoms with Gasteiger partial charge in [-0.25, -0.2) is 18.4 Å². The van der Waals surface area contributed by atoms with E-state index in [2.05, 4.69) is 20.0 Å². The number of nitrogens with zero attached hydrogens (tertiary/aromatic N) is 2. The normalized spacial score (nSPS) is 10.7. The van der Waals surface area contributed by atoms with Crippen LogP contribution in [0.2, 0.25) is 0 Å². The van der Waals surface area contributed by atoms with Crippen LogP contribution in [-0.4, -0.2) is 49.3 Å². The van der Waals surface area contributed by atoms with Crippen molar-refractivity contribution < 1.29 is 46.5 Å². The molecule has 3 rings (SSSR count). The molecule has 0 radical (unpaired) electrons. The number of carbonyl (C=O) groups excluding carboxylic acids is 4. The van der Waals surface area contributed by atoms with Gasteiger partial charge in [0.25, 0.3) is 15.9 Å². The summed E-state index contributed by atoms with van der Waals surface area (Å²) in [6.45, 7) is 3.25. The van der Waals surface area contributed by atoms with Gasteiger partial charge in [0.05, 0.1) is 12.0 Å². The predicted octanol–water partition coefficient (Wildman–Crippen LogP) is 2.31. The van der Waals surface area contributed by atoms with Crippen LogP contribution in [0.5, 0.6) is 23.1 Å². The van der Waals surface area contributed by atoms with E-state index in [1.807, 2.05) is 0 Å². The molecule has 0 saturated heterocycles. The molecule has 0 aliphatic carbocycles. The molecular weight excluding hydrogens is 536 g/mol. The van der Waals surface area contributed by atoms with Crippen LogP contribution >= 0.6 is 0 Å². The highest BCUT2D eigenvalue weighted by molar-refractivity contribution is 7.92. The molecule has 1 aromatic heterocycles. The van der Waals surface area contributed by atoms with Crippen molar-refractivity contribution in [2.24, 2.45) is 0 Å². The molecule has 14 nitrogen and oxygen atoms in total. The molecule has 0 aliphatic heterocycles. The minimum absolute atomic E-state index is 0.0106. The Kier molecular flexibility index (Phi) is 8.77. The minimum atomic E-state index is -4.03. The summed E-state index contributed by atoms with van der Waals surface area (Å²) in [6.07, 6.45) is 1.13. The van der Waals surface area contributed by atoms with Crippen LogP contribution < -0.4 is 29.0 Å². The largest absolute Gasteiger partial charge is 0.481 e. The molecule has 0 bridgehead atoms. The zero-order valence-corrected chi connectivity index (χ0v) is 21.8. The number of amides is 1. The van der Waals surface area contributed by atoms with Crippen LogP contribution in [0.1, 0.15) is 31.1 Å². The fourth-order valence-corrected chi connectivity index (χ4v) is 4.04. The fraction of sp³-hybridized carbons (Fsp3) is 0.167. The van der Waals surface area contributed by atoms with Crippen molar-refractivity contribution in [3.63, 3.8) is 0 Å². The molecule has 0 spiro atoms. The van der Waals surface area contributed by atoms with Gasteiger partial charge in [0.1, 0.15) is 12.1 Å². The van der Waals surface area contributed by atoms with Crippen molar-refractivity contribution in [2.75, 3.05) is 17.1 Å². The first kappa shape index (κ1) is 28.5. The Morgan fingerprint density at radius 3 is 1.87 bits per heavy atom. The van der Waals surface area contributed by atoms with E-state index in [4.69, 9.17) is 18.9 Å². The molecule has 0 fully saturated rings. The number of esters is 3. The van der Waals surface area contributed by atoms with E-state index in [0.29, 0.717) is 0 Å². The zero-order valence-electron chi connectivity index (χ0n) is 21.0. The van der Waals surface area contributed by atoms with E-state index in [1.165, 1.54) is 37.4 Å². The first-order chi connectivity index (χ1) is 18.4. The summed E-state index contributed by atoms with van der Waals surface area (Å²) in [4.78, 5) is 55.2. The number of methoxy groups -OCH3 is 1. The highest BCUT2D eigenvalue weighted by Gasteiger charge is 2.23. The smallest absolute Gasteiger partial charge is 0.308 e. The number of benzene rings is 2. The average molecular weight is 559 g/mol. The maximum absolute atomic E-state index is 13.0. The Morgan fingerprint density at radius 2 is 1.36 bits per heavy atom. The first-order valence-electron chi connectivity index (χ1n) is 10.9. The summed E-state index contributed by atoms with van der Waals surface area (Å²) >= 11 is 0. The van der Waals surface area contributed by atoms with Crippen LogP contribution in [-0.2, 0) is 24.4 Å². The van der Waals surface area contributed by atoms with Crippen LogP contribution in [0.15, 0.2) is 53.7 Å². The van der Waals surface area contributed by atoms with E-state index in [-0.39, 0.29) is 45.1 Å². The van der Waals surface area contributed by atoms with Crippen molar-refractivity contribution in [3.8, 4) is 23.1 Å². The number of hydrogen-bond donors (Lipinski definition) is 2. The standard InChI is InChI=1S/C24H22N4O10S/c1-13(29)36-19-9-16(10-20(37-14(2)30)23(19)38-15(3)31)24(32)27-17-5-7-18(8-6-17)39(33,34)28-21-11-22(35-4)26-12-25-21/h5-12H,1-4H3,(H,27,32)(H,25,26,28). The lowest BCUT2D eigenvalue weighted by atomic mass is 10.1. The van der Waals surface area contributed by atoms with E-state index in [0.717, 1.165) is 39.2 Å². The third kappa shape index (κ3) is 7.72. The quantitative estimate of drug-likeness (QED) is 0.288. The fourth-order valence-electron chi connectivity index (χ4n) is 3.04.